The molecule has 13 heteroatoms. The van der Waals surface area contributed by atoms with Gasteiger partial charge in [0.25, 0.3) is 10.0 Å². The van der Waals surface area contributed by atoms with Gasteiger partial charge < -0.3 is 4.90 Å². The summed E-state index contributed by atoms with van der Waals surface area (Å²) in [5, 5.41) is 0. The van der Waals surface area contributed by atoms with Gasteiger partial charge in [0.1, 0.15) is 10.3 Å². The second kappa shape index (κ2) is 10.1. The highest BCUT2D eigenvalue weighted by Gasteiger charge is 2.34. The molecule has 2 heterocycles. The molecule has 1 aromatic heterocycles. The van der Waals surface area contributed by atoms with Crippen molar-refractivity contribution in [3.05, 3.63) is 16.5 Å². The van der Waals surface area contributed by atoms with E-state index < -0.39 is 26.1 Å². The Morgan fingerprint density at radius 2 is 1.89 bits per heavy atom. The summed E-state index contributed by atoms with van der Waals surface area (Å²) in [7, 11) is -7.17. The number of piperazine rings is 1. The van der Waals surface area contributed by atoms with Crippen molar-refractivity contribution in [2.24, 2.45) is 0 Å². The third-order valence-corrected chi connectivity index (χ3v) is 9.95. The molecule has 1 aliphatic heterocycles. The summed E-state index contributed by atoms with van der Waals surface area (Å²) in [5.41, 5.74) is 0. The van der Waals surface area contributed by atoms with Gasteiger partial charge in [-0.25, -0.2) is 21.6 Å². The van der Waals surface area contributed by atoms with Crippen molar-refractivity contribution in [1.82, 2.24) is 13.9 Å². The highest BCUT2D eigenvalue weighted by molar-refractivity contribution is 7.98. The minimum Gasteiger partial charge on any atom is -0.339 e. The Kier molecular flexibility index (Phi) is 8.62. The minimum atomic E-state index is -3.64. The number of hydrogen-bond donors (Lipinski definition) is 1. The number of hydrogen-bond acceptors (Lipinski definition) is 7. The first-order valence-electron chi connectivity index (χ1n) is 8.64. The van der Waals surface area contributed by atoms with E-state index in [4.69, 9.17) is 11.6 Å². The molecule has 1 atom stereocenters. The standard InChI is InChI=1S/C15H24ClN3O5S4/c1-3-27(21,22)17-12(6-11-25-2)15(20)18-7-9-19(10-8-18)28(23,24)14-5-4-13(16)26-14/h4-5,12,17H,3,6-11H2,1-2H3. The summed E-state index contributed by atoms with van der Waals surface area (Å²) in [6.07, 6.45) is 2.27. The fraction of sp³-hybridized carbons (Fsp3) is 0.667. The summed E-state index contributed by atoms with van der Waals surface area (Å²) >= 11 is 8.36. The number of halogens is 1. The maximum atomic E-state index is 12.8. The molecule has 160 valence electrons. The van der Waals surface area contributed by atoms with Crippen LogP contribution in [0.5, 0.6) is 0 Å². The van der Waals surface area contributed by atoms with E-state index in [0.29, 0.717) is 16.5 Å². The average Bonchev–Trinajstić information content (AvgIpc) is 3.12. The number of rotatable bonds is 9. The van der Waals surface area contributed by atoms with Crippen molar-refractivity contribution >= 4 is 60.7 Å². The molecule has 0 aromatic carbocycles. The van der Waals surface area contributed by atoms with Gasteiger partial charge in [-0.1, -0.05) is 11.6 Å². The lowest BCUT2D eigenvalue weighted by Gasteiger charge is -2.35. The van der Waals surface area contributed by atoms with Crippen LogP contribution < -0.4 is 4.72 Å². The maximum Gasteiger partial charge on any atom is 0.252 e. The van der Waals surface area contributed by atoms with Gasteiger partial charge in [-0.3, -0.25) is 4.79 Å². The third-order valence-electron chi connectivity index (χ3n) is 4.30. The smallest absolute Gasteiger partial charge is 0.252 e. The van der Waals surface area contributed by atoms with E-state index in [1.54, 1.807) is 0 Å². The summed E-state index contributed by atoms with van der Waals surface area (Å²) < 4.78 is 53.5. The Morgan fingerprint density at radius 3 is 2.39 bits per heavy atom. The predicted octanol–water partition coefficient (Wildman–Crippen LogP) is 1.30. The summed E-state index contributed by atoms with van der Waals surface area (Å²) in [5.74, 6) is 0.212. The zero-order chi connectivity index (χ0) is 20.9. The lowest BCUT2D eigenvalue weighted by molar-refractivity contribution is -0.134. The minimum absolute atomic E-state index is 0.106. The van der Waals surface area contributed by atoms with Gasteiger partial charge in [0, 0.05) is 26.2 Å². The second-order valence-corrected chi connectivity index (χ2v) is 13.1. The number of carbonyl (C=O) groups is 1. The Morgan fingerprint density at radius 1 is 1.25 bits per heavy atom. The molecule has 0 spiro atoms. The number of sulfonamides is 2. The molecule has 2 rings (SSSR count). The molecule has 28 heavy (non-hydrogen) atoms. The van der Waals surface area contributed by atoms with Gasteiger partial charge in [0.2, 0.25) is 15.9 Å². The molecule has 8 nitrogen and oxygen atoms in total. The predicted molar refractivity (Wildman–Crippen MR) is 114 cm³/mol. The van der Waals surface area contributed by atoms with Crippen LogP contribution in [0.2, 0.25) is 4.34 Å². The van der Waals surface area contributed by atoms with Crippen LogP contribution in [-0.2, 0) is 24.8 Å². The number of thiophene rings is 1. The van der Waals surface area contributed by atoms with Crippen LogP contribution in [0, 0.1) is 0 Å². The van der Waals surface area contributed by atoms with Gasteiger partial charge in [0.15, 0.2) is 0 Å². The van der Waals surface area contributed by atoms with Crippen molar-refractivity contribution in [1.29, 1.82) is 0 Å². The van der Waals surface area contributed by atoms with Crippen molar-refractivity contribution < 1.29 is 21.6 Å². The van der Waals surface area contributed by atoms with E-state index in [1.165, 1.54) is 40.0 Å². The zero-order valence-corrected chi connectivity index (χ0v) is 19.7. The van der Waals surface area contributed by atoms with E-state index in [9.17, 15) is 21.6 Å². The quantitative estimate of drug-likeness (QED) is 0.560. The fourth-order valence-electron chi connectivity index (χ4n) is 2.70. The monoisotopic (exact) mass is 489 g/mol. The van der Waals surface area contributed by atoms with E-state index in [0.717, 1.165) is 11.3 Å². The summed E-state index contributed by atoms with van der Waals surface area (Å²) in [6, 6.07) is 2.17. The second-order valence-electron chi connectivity index (χ2n) is 6.14. The number of carbonyl (C=O) groups excluding carboxylic acids is 1. The molecule has 1 unspecified atom stereocenters. The number of amides is 1. The SMILES string of the molecule is CCS(=O)(=O)NC(CCSC)C(=O)N1CCN(S(=O)(=O)c2ccc(Cl)s2)CC1. The first kappa shape index (κ1) is 23.9. The van der Waals surface area contributed by atoms with E-state index >= 15 is 0 Å². The molecule has 0 aliphatic carbocycles. The van der Waals surface area contributed by atoms with E-state index in [1.807, 2.05) is 6.26 Å². The molecule has 1 aromatic rings. The molecule has 1 N–H and O–H groups in total. The maximum absolute atomic E-state index is 12.8. The van der Waals surface area contributed by atoms with Crippen LogP contribution >= 0.6 is 34.7 Å². The molecule has 0 saturated carbocycles. The van der Waals surface area contributed by atoms with Gasteiger partial charge >= 0.3 is 0 Å². The largest absolute Gasteiger partial charge is 0.339 e. The van der Waals surface area contributed by atoms with Crippen molar-refractivity contribution in [3.63, 3.8) is 0 Å². The van der Waals surface area contributed by atoms with Crippen LogP contribution in [0.1, 0.15) is 13.3 Å². The highest BCUT2D eigenvalue weighted by atomic mass is 35.5. The Bertz CT molecular complexity index is 879. The topological polar surface area (TPSA) is 104 Å². The third kappa shape index (κ3) is 6.07. The molecular formula is C15H24ClN3O5S4. The zero-order valence-electron chi connectivity index (χ0n) is 15.6. The molecule has 0 radical (unpaired) electrons. The van der Waals surface area contributed by atoms with Crippen LogP contribution in [0.25, 0.3) is 0 Å². The van der Waals surface area contributed by atoms with Crippen LogP contribution in [0.4, 0.5) is 0 Å². The summed E-state index contributed by atoms with van der Waals surface area (Å²) in [6.45, 7) is 2.24. The van der Waals surface area contributed by atoms with Gasteiger partial charge in [0.05, 0.1) is 10.1 Å². The number of thioether (sulfide) groups is 1. The van der Waals surface area contributed by atoms with E-state index in [2.05, 4.69) is 4.72 Å². The Hall–Kier alpha value is -0.370. The van der Waals surface area contributed by atoms with E-state index in [-0.39, 0.29) is 42.0 Å². The lowest BCUT2D eigenvalue weighted by atomic mass is 10.2. The lowest BCUT2D eigenvalue weighted by Crippen LogP contribution is -2.56. The van der Waals surface area contributed by atoms with Gasteiger partial charge in [-0.05, 0) is 37.5 Å². The normalized spacial score (nSPS) is 17.6. The molecule has 1 saturated heterocycles. The van der Waals surface area contributed by atoms with Crippen LogP contribution in [0.15, 0.2) is 16.3 Å². The van der Waals surface area contributed by atoms with Crippen molar-refractivity contribution in [2.75, 3.05) is 43.9 Å². The van der Waals surface area contributed by atoms with Crippen molar-refractivity contribution in [3.8, 4) is 0 Å². The van der Waals surface area contributed by atoms with Crippen LogP contribution in [-0.4, -0.2) is 81.9 Å². The molecular weight excluding hydrogens is 466 g/mol. The Balaban J connectivity index is 2.04. The van der Waals surface area contributed by atoms with Gasteiger partial charge in [-0.15, -0.1) is 11.3 Å². The first-order valence-corrected chi connectivity index (χ1v) is 14.3. The molecule has 1 fully saturated rings. The van der Waals surface area contributed by atoms with Crippen LogP contribution in [0.3, 0.4) is 0 Å². The Labute approximate surface area is 179 Å². The number of nitrogens with zero attached hydrogens (tertiary/aromatic N) is 2. The first-order chi connectivity index (χ1) is 13.1. The average molecular weight is 490 g/mol. The van der Waals surface area contributed by atoms with Crippen molar-refractivity contribution in [2.45, 2.75) is 23.6 Å². The summed E-state index contributed by atoms with van der Waals surface area (Å²) in [4.78, 5) is 14.4. The highest BCUT2D eigenvalue weighted by Crippen LogP contribution is 2.28. The fourth-order valence-corrected chi connectivity index (χ4v) is 7.05. The molecule has 1 amide bonds. The molecule has 1 aliphatic rings. The molecule has 0 bridgehead atoms. The van der Waals surface area contributed by atoms with Gasteiger partial charge in [-0.2, -0.15) is 16.1 Å². The number of nitrogens with one attached hydrogen (secondary N) is 1.